The highest BCUT2D eigenvalue weighted by Gasteiger charge is 2.47. The molecule has 0 unspecified atom stereocenters. The highest BCUT2D eigenvalue weighted by atomic mass is 16.2. The second-order valence-corrected chi connectivity index (χ2v) is 5.18. The van der Waals surface area contributed by atoms with Crippen molar-refractivity contribution in [2.75, 3.05) is 6.54 Å². The van der Waals surface area contributed by atoms with Crippen LogP contribution in [0.25, 0.3) is 0 Å². The lowest BCUT2D eigenvalue weighted by Crippen LogP contribution is -2.39. The Bertz CT molecular complexity index is 228. The first-order chi connectivity index (χ1) is 6.66. The van der Waals surface area contributed by atoms with Crippen LogP contribution in [0.1, 0.15) is 52.4 Å². The molecule has 0 bridgehead atoms. The fourth-order valence-corrected chi connectivity index (χ4v) is 3.03. The molecule has 1 saturated heterocycles. The van der Waals surface area contributed by atoms with Crippen LogP contribution in [0.3, 0.4) is 0 Å². The molecule has 1 saturated carbocycles. The summed E-state index contributed by atoms with van der Waals surface area (Å²) in [6, 6.07) is 0.392. The van der Waals surface area contributed by atoms with E-state index in [2.05, 4.69) is 18.7 Å². The fraction of sp³-hybridized carbons (Fsp3) is 0.917. The van der Waals surface area contributed by atoms with Crippen molar-refractivity contribution >= 4 is 5.91 Å². The van der Waals surface area contributed by atoms with Gasteiger partial charge in [0.2, 0.25) is 5.91 Å². The standard InChI is InChI=1S/C12H21NO/c1-10(2)13-9-8-12(11(13)14)6-4-3-5-7-12/h10H,3-9H2,1-2H3. The van der Waals surface area contributed by atoms with Gasteiger partial charge in [0.25, 0.3) is 0 Å². The van der Waals surface area contributed by atoms with E-state index in [1.165, 1.54) is 19.3 Å². The number of hydrogen-bond acceptors (Lipinski definition) is 1. The molecule has 0 atom stereocenters. The molecule has 14 heavy (non-hydrogen) atoms. The third kappa shape index (κ3) is 1.45. The number of carbonyl (C=O) groups is 1. The van der Waals surface area contributed by atoms with Crippen molar-refractivity contribution in [3.8, 4) is 0 Å². The molecule has 1 heterocycles. The van der Waals surface area contributed by atoms with Crippen molar-refractivity contribution < 1.29 is 4.79 Å². The Morgan fingerprint density at radius 2 is 1.79 bits per heavy atom. The highest BCUT2D eigenvalue weighted by molar-refractivity contribution is 5.85. The number of carbonyl (C=O) groups excluding carboxylic acids is 1. The second-order valence-electron chi connectivity index (χ2n) is 5.18. The van der Waals surface area contributed by atoms with Crippen LogP contribution in [-0.4, -0.2) is 23.4 Å². The maximum absolute atomic E-state index is 12.2. The van der Waals surface area contributed by atoms with Gasteiger partial charge in [-0.05, 0) is 33.1 Å². The lowest BCUT2D eigenvalue weighted by Gasteiger charge is -2.32. The maximum atomic E-state index is 12.2. The smallest absolute Gasteiger partial charge is 0.229 e. The number of rotatable bonds is 1. The zero-order chi connectivity index (χ0) is 10.2. The van der Waals surface area contributed by atoms with Crippen LogP contribution in [0, 0.1) is 5.41 Å². The second kappa shape index (κ2) is 3.56. The van der Waals surface area contributed by atoms with Crippen LogP contribution in [0.15, 0.2) is 0 Å². The van der Waals surface area contributed by atoms with Gasteiger partial charge in [-0.3, -0.25) is 4.79 Å². The van der Waals surface area contributed by atoms with Gasteiger partial charge >= 0.3 is 0 Å². The predicted octanol–water partition coefficient (Wildman–Crippen LogP) is 2.58. The molecule has 2 aliphatic rings. The van der Waals surface area contributed by atoms with Gasteiger partial charge in [-0.25, -0.2) is 0 Å². The summed E-state index contributed by atoms with van der Waals surface area (Å²) in [5.74, 6) is 0.451. The summed E-state index contributed by atoms with van der Waals surface area (Å²) < 4.78 is 0. The Labute approximate surface area is 86.7 Å². The minimum Gasteiger partial charge on any atom is -0.340 e. The predicted molar refractivity (Wildman–Crippen MR) is 57.0 cm³/mol. The molecule has 0 aromatic heterocycles. The van der Waals surface area contributed by atoms with E-state index in [9.17, 15) is 4.79 Å². The molecule has 0 aromatic carbocycles. The zero-order valence-electron chi connectivity index (χ0n) is 9.38. The molecular formula is C12H21NO. The fourth-order valence-electron chi connectivity index (χ4n) is 3.03. The first-order valence-corrected chi connectivity index (χ1v) is 5.97. The number of amides is 1. The van der Waals surface area contributed by atoms with Crippen molar-refractivity contribution in [2.45, 2.75) is 58.4 Å². The van der Waals surface area contributed by atoms with Crippen molar-refractivity contribution in [3.63, 3.8) is 0 Å². The molecular weight excluding hydrogens is 174 g/mol. The highest BCUT2D eigenvalue weighted by Crippen LogP contribution is 2.45. The molecule has 2 rings (SSSR count). The normalized spacial score (nSPS) is 26.5. The topological polar surface area (TPSA) is 20.3 Å². The minimum atomic E-state index is 0.0719. The molecule has 2 heteroatoms. The number of nitrogens with zero attached hydrogens (tertiary/aromatic N) is 1. The minimum absolute atomic E-state index is 0.0719. The molecule has 80 valence electrons. The van der Waals surface area contributed by atoms with Crippen molar-refractivity contribution in [2.24, 2.45) is 5.41 Å². The first-order valence-electron chi connectivity index (χ1n) is 5.97. The monoisotopic (exact) mass is 195 g/mol. The van der Waals surface area contributed by atoms with Gasteiger partial charge in [0.15, 0.2) is 0 Å². The van der Waals surface area contributed by atoms with Crippen LogP contribution in [0.5, 0.6) is 0 Å². The summed E-state index contributed by atoms with van der Waals surface area (Å²) in [6.45, 7) is 5.25. The van der Waals surface area contributed by atoms with E-state index in [4.69, 9.17) is 0 Å². The van der Waals surface area contributed by atoms with Gasteiger partial charge < -0.3 is 4.90 Å². The van der Waals surface area contributed by atoms with Crippen molar-refractivity contribution in [3.05, 3.63) is 0 Å². The molecule has 0 radical (unpaired) electrons. The van der Waals surface area contributed by atoms with Crippen molar-refractivity contribution in [1.82, 2.24) is 4.90 Å². The average Bonchev–Trinajstić information content (AvgIpc) is 2.46. The third-order valence-corrected chi connectivity index (χ3v) is 3.98. The Balaban J connectivity index is 2.11. The maximum Gasteiger partial charge on any atom is 0.229 e. The third-order valence-electron chi connectivity index (χ3n) is 3.98. The molecule has 0 N–H and O–H groups in total. The van der Waals surface area contributed by atoms with E-state index in [1.807, 2.05) is 0 Å². The summed E-state index contributed by atoms with van der Waals surface area (Å²) in [7, 11) is 0. The van der Waals surface area contributed by atoms with Crippen LogP contribution in [0.4, 0.5) is 0 Å². The Kier molecular flexibility index (Phi) is 2.54. The van der Waals surface area contributed by atoms with Gasteiger partial charge in [-0.2, -0.15) is 0 Å². The zero-order valence-corrected chi connectivity index (χ0v) is 9.38. The molecule has 1 amide bonds. The Morgan fingerprint density at radius 3 is 2.29 bits per heavy atom. The van der Waals surface area contributed by atoms with E-state index < -0.39 is 0 Å². The lowest BCUT2D eigenvalue weighted by atomic mass is 9.73. The summed E-state index contributed by atoms with van der Waals surface area (Å²) in [6.07, 6.45) is 7.26. The van der Waals surface area contributed by atoms with Crippen LogP contribution in [-0.2, 0) is 4.79 Å². The van der Waals surface area contributed by atoms with E-state index in [-0.39, 0.29) is 5.41 Å². The van der Waals surface area contributed by atoms with Crippen LogP contribution < -0.4 is 0 Å². The van der Waals surface area contributed by atoms with E-state index >= 15 is 0 Å². The van der Waals surface area contributed by atoms with E-state index in [0.717, 1.165) is 25.8 Å². The summed E-state index contributed by atoms with van der Waals surface area (Å²) in [4.78, 5) is 14.3. The molecule has 1 aliphatic heterocycles. The lowest BCUT2D eigenvalue weighted by molar-refractivity contribution is -0.138. The first kappa shape index (κ1) is 10.0. The van der Waals surface area contributed by atoms with Crippen LogP contribution in [0.2, 0.25) is 0 Å². The Hall–Kier alpha value is -0.530. The van der Waals surface area contributed by atoms with Gasteiger partial charge in [0, 0.05) is 12.6 Å². The van der Waals surface area contributed by atoms with Gasteiger partial charge in [0.1, 0.15) is 0 Å². The van der Waals surface area contributed by atoms with Gasteiger partial charge in [0.05, 0.1) is 5.41 Å². The number of likely N-dealkylation sites (tertiary alicyclic amines) is 1. The molecule has 0 aromatic rings. The van der Waals surface area contributed by atoms with E-state index in [1.54, 1.807) is 0 Å². The molecule has 1 aliphatic carbocycles. The summed E-state index contributed by atoms with van der Waals surface area (Å²) in [5, 5.41) is 0. The van der Waals surface area contributed by atoms with Gasteiger partial charge in [-0.1, -0.05) is 19.3 Å². The van der Waals surface area contributed by atoms with E-state index in [0.29, 0.717) is 11.9 Å². The number of hydrogen-bond donors (Lipinski definition) is 0. The molecule has 1 spiro atoms. The quantitative estimate of drug-likeness (QED) is 0.629. The summed E-state index contributed by atoms with van der Waals surface area (Å²) >= 11 is 0. The SMILES string of the molecule is CC(C)N1CCC2(CCCCC2)C1=O. The Morgan fingerprint density at radius 1 is 1.14 bits per heavy atom. The summed E-state index contributed by atoms with van der Waals surface area (Å²) in [5.41, 5.74) is 0.0719. The van der Waals surface area contributed by atoms with Crippen molar-refractivity contribution in [1.29, 1.82) is 0 Å². The largest absolute Gasteiger partial charge is 0.340 e. The average molecular weight is 195 g/mol. The molecule has 2 nitrogen and oxygen atoms in total. The van der Waals surface area contributed by atoms with Gasteiger partial charge in [-0.15, -0.1) is 0 Å². The molecule has 2 fully saturated rings. The van der Waals surface area contributed by atoms with Crippen LogP contribution >= 0.6 is 0 Å².